The summed E-state index contributed by atoms with van der Waals surface area (Å²) in [6.45, 7) is 2.96. The predicted octanol–water partition coefficient (Wildman–Crippen LogP) is 5.42. The number of rotatable bonds is 15. The summed E-state index contributed by atoms with van der Waals surface area (Å²) in [4.78, 5) is 44.6. The summed E-state index contributed by atoms with van der Waals surface area (Å²) in [5, 5.41) is 15.8. The molecule has 3 rings (SSSR count). The Morgan fingerprint density at radius 1 is 1.00 bits per heavy atom. The molecule has 3 aromatic rings. The van der Waals surface area contributed by atoms with Crippen LogP contribution in [0.4, 0.5) is 13.2 Å². The van der Waals surface area contributed by atoms with Crippen molar-refractivity contribution in [1.82, 2.24) is 15.6 Å². The molecule has 4 atom stereocenters. The van der Waals surface area contributed by atoms with Gasteiger partial charge in [-0.25, -0.2) is 0 Å². The number of nitrogens with one attached hydrogen (secondary N) is 2. The highest BCUT2D eigenvalue weighted by Crippen LogP contribution is 2.33. The minimum absolute atomic E-state index is 0.0205. The lowest BCUT2D eigenvalue weighted by Crippen LogP contribution is -2.50. The highest BCUT2D eigenvalue weighted by Gasteiger charge is 2.45. The van der Waals surface area contributed by atoms with Gasteiger partial charge in [0.2, 0.25) is 11.8 Å². The van der Waals surface area contributed by atoms with E-state index in [1.54, 1.807) is 60.8 Å². The molecule has 0 radical (unpaired) electrons. The van der Waals surface area contributed by atoms with Gasteiger partial charge in [-0.05, 0) is 59.9 Å². The zero-order chi connectivity index (χ0) is 33.1. The first-order chi connectivity index (χ1) is 21.3. The molecular formula is C33H37ClF3N3O5. The Bertz CT molecular complexity index is 1420. The summed E-state index contributed by atoms with van der Waals surface area (Å²) in [5.41, 5.74) is 1.61. The van der Waals surface area contributed by atoms with Gasteiger partial charge in [0, 0.05) is 42.1 Å². The number of Topliss-reactive ketones (excluding diaryl/α,β-unsaturated/α-hetero) is 1. The van der Waals surface area contributed by atoms with Crippen LogP contribution < -0.4 is 15.4 Å². The second kappa shape index (κ2) is 16.4. The molecule has 8 nitrogen and oxygen atoms in total. The maximum Gasteiger partial charge on any atom is 0.414 e. The number of halogens is 4. The molecule has 3 N–H and O–H groups in total. The van der Waals surface area contributed by atoms with Gasteiger partial charge < -0.3 is 20.5 Å². The van der Waals surface area contributed by atoms with Gasteiger partial charge >= 0.3 is 6.18 Å². The van der Waals surface area contributed by atoms with Crippen molar-refractivity contribution in [2.75, 3.05) is 7.11 Å². The number of amides is 2. The van der Waals surface area contributed by atoms with Crippen LogP contribution in [0.2, 0.25) is 5.02 Å². The molecule has 2 amide bonds. The summed E-state index contributed by atoms with van der Waals surface area (Å²) >= 11 is 6.14. The summed E-state index contributed by atoms with van der Waals surface area (Å²) in [7, 11) is 1.45. The van der Waals surface area contributed by atoms with Crippen LogP contribution in [0.15, 0.2) is 72.9 Å². The Kier molecular flexibility index (Phi) is 12.9. The lowest BCUT2D eigenvalue weighted by Gasteiger charge is -2.29. The smallest absolute Gasteiger partial charge is 0.414 e. The molecule has 0 aliphatic heterocycles. The molecule has 0 aliphatic rings. The van der Waals surface area contributed by atoms with Crippen molar-refractivity contribution >= 4 is 29.2 Å². The Balaban J connectivity index is 1.89. The first kappa shape index (κ1) is 35.5. The third-order valence-corrected chi connectivity index (χ3v) is 7.64. The fourth-order valence-electron chi connectivity index (χ4n) is 4.86. The van der Waals surface area contributed by atoms with Crippen LogP contribution in [0.1, 0.15) is 49.6 Å². The van der Waals surface area contributed by atoms with Crippen LogP contribution in [0, 0.1) is 11.8 Å². The molecule has 0 unspecified atom stereocenters. The van der Waals surface area contributed by atoms with Gasteiger partial charge in [-0.15, -0.1) is 0 Å². The van der Waals surface area contributed by atoms with Crippen LogP contribution in [0.3, 0.4) is 0 Å². The van der Waals surface area contributed by atoms with E-state index < -0.39 is 60.2 Å². The molecule has 12 heteroatoms. The first-order valence-electron chi connectivity index (χ1n) is 14.4. The van der Waals surface area contributed by atoms with Crippen LogP contribution in [-0.2, 0) is 27.2 Å². The van der Waals surface area contributed by atoms with E-state index >= 15 is 0 Å². The number of aliphatic hydroxyl groups is 1. The van der Waals surface area contributed by atoms with Gasteiger partial charge in [0.1, 0.15) is 17.8 Å². The van der Waals surface area contributed by atoms with Crippen molar-refractivity contribution in [3.8, 4) is 5.75 Å². The molecule has 242 valence electrons. The van der Waals surface area contributed by atoms with Crippen LogP contribution in [0.25, 0.3) is 0 Å². The number of aliphatic hydroxyl groups excluding tert-OH is 1. The number of alkyl halides is 3. The molecule has 0 aliphatic carbocycles. The summed E-state index contributed by atoms with van der Waals surface area (Å²) in [6, 6.07) is 15.6. The SMILES string of the molecule is COc1ccc([C@H](NC(=O)[C@H](Cc2cccc(Cl)c2)NC(=O)CCc2ccccn2)C(=O)C[C@@H](C(C)C)[C@H](O)C(F)(F)F)cc1. The molecule has 0 spiro atoms. The van der Waals surface area contributed by atoms with Gasteiger partial charge in [-0.1, -0.05) is 55.8 Å². The fourth-order valence-corrected chi connectivity index (χ4v) is 5.07. The number of carbonyl (C=O) groups excluding carboxylic acids is 3. The van der Waals surface area contributed by atoms with Crippen molar-refractivity contribution in [1.29, 1.82) is 0 Å². The van der Waals surface area contributed by atoms with Crippen molar-refractivity contribution in [2.24, 2.45) is 11.8 Å². The number of ketones is 1. The normalized spacial score (nSPS) is 14.2. The number of hydrogen-bond donors (Lipinski definition) is 3. The summed E-state index contributed by atoms with van der Waals surface area (Å²) < 4.78 is 45.6. The van der Waals surface area contributed by atoms with Crippen LogP contribution >= 0.6 is 11.6 Å². The molecule has 1 aromatic heterocycles. The quantitative estimate of drug-likeness (QED) is 0.203. The number of aromatic nitrogens is 1. The minimum Gasteiger partial charge on any atom is -0.497 e. The van der Waals surface area contributed by atoms with Gasteiger partial charge in [0.05, 0.1) is 7.11 Å². The van der Waals surface area contributed by atoms with Crippen molar-refractivity contribution in [3.05, 3.63) is 94.8 Å². The van der Waals surface area contributed by atoms with Gasteiger partial charge in [0.25, 0.3) is 0 Å². The number of carbonyl (C=O) groups is 3. The third kappa shape index (κ3) is 10.9. The zero-order valence-corrected chi connectivity index (χ0v) is 25.9. The molecule has 45 heavy (non-hydrogen) atoms. The molecule has 0 bridgehead atoms. The Hall–Kier alpha value is -3.96. The maximum atomic E-state index is 13.8. The number of nitrogens with zero attached hydrogens (tertiary/aromatic N) is 1. The first-order valence-corrected chi connectivity index (χ1v) is 14.8. The highest BCUT2D eigenvalue weighted by molar-refractivity contribution is 6.30. The van der Waals surface area contributed by atoms with E-state index in [4.69, 9.17) is 16.3 Å². The monoisotopic (exact) mass is 647 g/mol. The van der Waals surface area contributed by atoms with Crippen molar-refractivity contribution in [2.45, 2.75) is 63.9 Å². The van der Waals surface area contributed by atoms with Crippen LogP contribution in [-0.4, -0.2) is 53.1 Å². The van der Waals surface area contributed by atoms with E-state index in [9.17, 15) is 32.7 Å². The van der Waals surface area contributed by atoms with Gasteiger partial charge in [-0.3, -0.25) is 19.4 Å². The summed E-state index contributed by atoms with van der Waals surface area (Å²) in [6.07, 6.45) is -6.35. The Morgan fingerprint density at radius 2 is 1.71 bits per heavy atom. The average Bonchev–Trinajstić information content (AvgIpc) is 3.00. The van der Waals surface area contributed by atoms with E-state index in [1.807, 2.05) is 0 Å². The molecule has 0 fully saturated rings. The average molecular weight is 648 g/mol. The van der Waals surface area contributed by atoms with E-state index in [1.165, 1.54) is 33.1 Å². The molecular weight excluding hydrogens is 611 g/mol. The van der Waals surface area contributed by atoms with E-state index in [2.05, 4.69) is 15.6 Å². The number of ether oxygens (including phenoxy) is 1. The Morgan fingerprint density at radius 3 is 2.29 bits per heavy atom. The lowest BCUT2D eigenvalue weighted by atomic mass is 9.83. The number of aryl methyl sites for hydroxylation is 1. The molecule has 1 heterocycles. The van der Waals surface area contributed by atoms with Crippen molar-refractivity contribution in [3.63, 3.8) is 0 Å². The molecule has 2 aromatic carbocycles. The minimum atomic E-state index is -4.93. The number of methoxy groups -OCH3 is 1. The number of pyridine rings is 1. The second-order valence-electron chi connectivity index (χ2n) is 11.1. The van der Waals surface area contributed by atoms with Gasteiger partial charge in [0.15, 0.2) is 11.9 Å². The third-order valence-electron chi connectivity index (χ3n) is 7.41. The topological polar surface area (TPSA) is 118 Å². The number of benzene rings is 2. The fraction of sp³-hybridized carbons (Fsp3) is 0.394. The van der Waals surface area contributed by atoms with Gasteiger partial charge in [-0.2, -0.15) is 13.2 Å². The summed E-state index contributed by atoms with van der Waals surface area (Å²) in [5.74, 6) is -3.60. The number of hydrogen-bond acceptors (Lipinski definition) is 6. The largest absolute Gasteiger partial charge is 0.497 e. The van der Waals surface area contributed by atoms with Crippen molar-refractivity contribution < 1.29 is 37.4 Å². The van der Waals surface area contributed by atoms with E-state index in [0.717, 1.165) is 0 Å². The predicted molar refractivity (Wildman–Crippen MR) is 164 cm³/mol. The lowest BCUT2D eigenvalue weighted by molar-refractivity contribution is -0.224. The van der Waals surface area contributed by atoms with E-state index in [-0.39, 0.29) is 12.8 Å². The Labute approximate surface area is 265 Å². The molecule has 0 saturated carbocycles. The second-order valence-corrected chi connectivity index (χ2v) is 11.5. The van der Waals surface area contributed by atoms with Crippen LogP contribution in [0.5, 0.6) is 5.75 Å². The maximum absolute atomic E-state index is 13.8. The standard InChI is InChI=1S/C33H37ClF3N3O5/c1-20(2)26(31(43)33(35,36)37)19-28(41)30(22-10-13-25(45-3)14-11-22)40-32(44)27(18-21-7-6-8-23(34)17-21)39-29(42)15-12-24-9-4-5-16-38-24/h4-11,13-14,16-17,20,26-27,30-31,43H,12,15,18-19H2,1-3H3,(H,39,42)(H,40,44)/t26-,27-,30-,31-/m0/s1. The van der Waals surface area contributed by atoms with E-state index in [0.29, 0.717) is 34.0 Å². The highest BCUT2D eigenvalue weighted by atomic mass is 35.5. The zero-order valence-electron chi connectivity index (χ0n) is 25.2. The molecule has 0 saturated heterocycles.